The second kappa shape index (κ2) is 12.7. The second-order valence-corrected chi connectivity index (χ2v) is 9.33. The van der Waals surface area contributed by atoms with E-state index in [0.717, 1.165) is 54.7 Å². The third-order valence-corrected chi connectivity index (χ3v) is 7.22. The van der Waals surface area contributed by atoms with Gasteiger partial charge in [0.05, 0.1) is 19.6 Å². The van der Waals surface area contributed by atoms with Gasteiger partial charge in [0.1, 0.15) is 5.75 Å². The normalized spacial score (nSPS) is 13.9. The van der Waals surface area contributed by atoms with Gasteiger partial charge >= 0.3 is 5.97 Å². The molecule has 0 N–H and O–H groups in total. The molecule has 0 unspecified atom stereocenters. The Kier molecular flexibility index (Phi) is 9.63. The van der Waals surface area contributed by atoms with Crippen LogP contribution in [0.3, 0.4) is 0 Å². The molecule has 0 radical (unpaired) electrons. The predicted molar refractivity (Wildman–Crippen MR) is 139 cm³/mol. The fraction of sp³-hybridized carbons (Fsp3) is 0.516. The highest BCUT2D eigenvalue weighted by Crippen LogP contribution is 2.44. The number of benzene rings is 2. The van der Waals surface area contributed by atoms with E-state index in [1.165, 1.54) is 36.8 Å². The van der Waals surface area contributed by atoms with E-state index in [0.29, 0.717) is 13.0 Å². The van der Waals surface area contributed by atoms with E-state index in [1.54, 1.807) is 0 Å². The van der Waals surface area contributed by atoms with E-state index in [9.17, 15) is 4.79 Å². The molecular weight excluding hydrogens is 420 g/mol. The first-order valence-electron chi connectivity index (χ1n) is 13.1. The number of rotatable bonds is 10. The lowest BCUT2D eigenvalue weighted by molar-refractivity contribution is -0.142. The maximum absolute atomic E-state index is 11.7. The Labute approximate surface area is 206 Å². The molecule has 182 valence electrons. The van der Waals surface area contributed by atoms with Crippen molar-refractivity contribution in [3.63, 3.8) is 0 Å². The van der Waals surface area contributed by atoms with Crippen molar-refractivity contribution in [1.29, 1.82) is 0 Å². The molecule has 3 rings (SSSR count). The first kappa shape index (κ1) is 25.9. The van der Waals surface area contributed by atoms with E-state index >= 15 is 0 Å². The molecule has 0 saturated heterocycles. The van der Waals surface area contributed by atoms with Gasteiger partial charge in [-0.1, -0.05) is 64.0 Å². The topological polar surface area (TPSA) is 35.5 Å². The zero-order chi connectivity index (χ0) is 24.4. The van der Waals surface area contributed by atoms with Gasteiger partial charge in [-0.25, -0.2) is 0 Å². The monoisotopic (exact) mass is 460 g/mol. The largest absolute Gasteiger partial charge is 0.493 e. The zero-order valence-electron chi connectivity index (χ0n) is 21.5. The third kappa shape index (κ3) is 6.44. The molecule has 0 aromatic heterocycles. The van der Waals surface area contributed by atoms with Crippen LogP contribution in [0.2, 0.25) is 0 Å². The molecule has 2 aromatic carbocycles. The molecule has 0 amide bonds. The van der Waals surface area contributed by atoms with Gasteiger partial charge < -0.3 is 9.47 Å². The number of hydrogen-bond donors (Lipinski definition) is 0. The molecule has 34 heavy (non-hydrogen) atoms. The summed E-state index contributed by atoms with van der Waals surface area (Å²) in [5.74, 6) is 7.73. The van der Waals surface area contributed by atoms with E-state index < -0.39 is 0 Å². The van der Waals surface area contributed by atoms with Crippen LogP contribution >= 0.6 is 0 Å². The summed E-state index contributed by atoms with van der Waals surface area (Å²) in [7, 11) is 0. The van der Waals surface area contributed by atoms with Crippen molar-refractivity contribution in [3.05, 3.63) is 64.2 Å². The lowest BCUT2D eigenvalue weighted by atomic mass is 9.71. The maximum atomic E-state index is 11.7. The fourth-order valence-corrected chi connectivity index (χ4v) is 4.92. The van der Waals surface area contributed by atoms with Crippen LogP contribution in [0.1, 0.15) is 100 Å². The van der Waals surface area contributed by atoms with Crippen LogP contribution in [0.15, 0.2) is 36.4 Å². The van der Waals surface area contributed by atoms with E-state index in [4.69, 9.17) is 9.47 Å². The van der Waals surface area contributed by atoms with Crippen molar-refractivity contribution >= 4 is 5.97 Å². The molecule has 1 aliphatic heterocycles. The van der Waals surface area contributed by atoms with Gasteiger partial charge in [-0.2, -0.15) is 0 Å². The zero-order valence-corrected chi connectivity index (χ0v) is 21.5. The molecule has 0 spiro atoms. The Morgan fingerprint density at radius 3 is 2.44 bits per heavy atom. The molecular formula is C31H40O3. The summed E-state index contributed by atoms with van der Waals surface area (Å²) in [6, 6.07) is 12.5. The number of carbonyl (C=O) groups excluding carboxylic acids is 1. The summed E-state index contributed by atoms with van der Waals surface area (Å²) in [6.45, 7) is 9.86. The minimum absolute atomic E-state index is 0.180. The van der Waals surface area contributed by atoms with Gasteiger partial charge in [-0.3, -0.25) is 4.79 Å². The minimum atomic E-state index is -0.194. The lowest BCUT2D eigenvalue weighted by Crippen LogP contribution is -2.32. The molecule has 1 aliphatic rings. The molecule has 3 nitrogen and oxygen atoms in total. The van der Waals surface area contributed by atoms with Crippen molar-refractivity contribution < 1.29 is 14.3 Å². The SMILES string of the molecule is CCCCCCc1cc2c(cc1C#Cc1ccc(CC(=O)OCC)cc1)C(CC)(CC)CCO2. The Hall–Kier alpha value is -2.73. The first-order chi connectivity index (χ1) is 16.5. The van der Waals surface area contributed by atoms with Crippen molar-refractivity contribution in [2.45, 2.75) is 90.9 Å². The van der Waals surface area contributed by atoms with Crippen LogP contribution in [0.5, 0.6) is 5.75 Å². The van der Waals surface area contributed by atoms with Gasteiger partial charge in [0.25, 0.3) is 0 Å². The van der Waals surface area contributed by atoms with Crippen LogP contribution in [0, 0.1) is 11.8 Å². The van der Waals surface area contributed by atoms with E-state index in [1.807, 2.05) is 31.2 Å². The average Bonchev–Trinajstić information content (AvgIpc) is 2.86. The van der Waals surface area contributed by atoms with Crippen LogP contribution in [-0.4, -0.2) is 19.2 Å². The number of fused-ring (bicyclic) bond motifs is 1. The molecule has 0 saturated carbocycles. The summed E-state index contributed by atoms with van der Waals surface area (Å²) in [5, 5.41) is 0. The number of esters is 1. The molecule has 3 heteroatoms. The fourth-order valence-electron chi connectivity index (χ4n) is 4.92. The van der Waals surface area contributed by atoms with Gasteiger partial charge in [0.15, 0.2) is 0 Å². The standard InChI is InChI=1S/C31H40O3/c1-5-9-10-11-12-26-23-29-28(31(6-2,7-3)19-20-34-29)22-27(26)18-17-24-13-15-25(16-14-24)21-30(32)33-8-4/h13-16,22-23H,5-12,19-21H2,1-4H3. The summed E-state index contributed by atoms with van der Waals surface area (Å²) >= 11 is 0. The van der Waals surface area contributed by atoms with Gasteiger partial charge in [0.2, 0.25) is 0 Å². The predicted octanol–water partition coefficient (Wildman–Crippen LogP) is 7.16. The summed E-state index contributed by atoms with van der Waals surface area (Å²) < 4.78 is 11.2. The summed E-state index contributed by atoms with van der Waals surface area (Å²) in [6.07, 6.45) is 9.56. The smallest absolute Gasteiger partial charge is 0.310 e. The molecule has 0 aliphatic carbocycles. The maximum Gasteiger partial charge on any atom is 0.310 e. The van der Waals surface area contributed by atoms with Crippen LogP contribution in [0.25, 0.3) is 0 Å². The van der Waals surface area contributed by atoms with Crippen molar-refractivity contribution in [2.75, 3.05) is 13.2 Å². The summed E-state index contributed by atoms with van der Waals surface area (Å²) in [5.41, 5.74) is 5.83. The van der Waals surface area contributed by atoms with Crippen LogP contribution in [0.4, 0.5) is 0 Å². The highest BCUT2D eigenvalue weighted by Gasteiger charge is 2.35. The van der Waals surface area contributed by atoms with Gasteiger partial charge in [-0.05, 0) is 74.4 Å². The van der Waals surface area contributed by atoms with Gasteiger partial charge in [-0.15, -0.1) is 0 Å². The van der Waals surface area contributed by atoms with Crippen molar-refractivity contribution in [2.24, 2.45) is 0 Å². The third-order valence-electron chi connectivity index (χ3n) is 7.22. The average molecular weight is 461 g/mol. The van der Waals surface area contributed by atoms with Gasteiger partial charge in [0, 0.05) is 22.1 Å². The number of ether oxygens (including phenoxy) is 2. The number of unbranched alkanes of at least 4 members (excludes halogenated alkanes) is 3. The highest BCUT2D eigenvalue weighted by molar-refractivity contribution is 5.72. The Bertz CT molecular complexity index is 1000. The number of aryl methyl sites for hydroxylation is 1. The Morgan fingerprint density at radius 2 is 1.76 bits per heavy atom. The second-order valence-electron chi connectivity index (χ2n) is 9.33. The lowest BCUT2D eigenvalue weighted by Gasteiger charge is -2.38. The molecule has 2 aromatic rings. The van der Waals surface area contributed by atoms with E-state index in [2.05, 4.69) is 44.7 Å². The number of hydrogen-bond acceptors (Lipinski definition) is 3. The van der Waals surface area contributed by atoms with Crippen LogP contribution in [-0.2, 0) is 27.8 Å². The minimum Gasteiger partial charge on any atom is -0.493 e. The Balaban J connectivity index is 1.90. The first-order valence-corrected chi connectivity index (χ1v) is 13.1. The quantitative estimate of drug-likeness (QED) is 0.214. The number of carbonyl (C=O) groups is 1. The Morgan fingerprint density at radius 1 is 1.00 bits per heavy atom. The molecule has 0 bridgehead atoms. The van der Waals surface area contributed by atoms with Crippen molar-refractivity contribution in [3.8, 4) is 17.6 Å². The molecule has 0 fully saturated rings. The van der Waals surface area contributed by atoms with E-state index in [-0.39, 0.29) is 11.4 Å². The van der Waals surface area contributed by atoms with Crippen LogP contribution < -0.4 is 4.74 Å². The molecule has 1 heterocycles. The summed E-state index contributed by atoms with van der Waals surface area (Å²) in [4.78, 5) is 11.7. The van der Waals surface area contributed by atoms with Crippen molar-refractivity contribution in [1.82, 2.24) is 0 Å². The molecule has 0 atom stereocenters. The highest BCUT2D eigenvalue weighted by atomic mass is 16.5.